The van der Waals surface area contributed by atoms with Gasteiger partial charge >= 0.3 is 0 Å². The molecule has 0 aliphatic heterocycles. The molecule has 2 aromatic heterocycles. The Morgan fingerprint density at radius 3 is 2.94 bits per heavy atom. The van der Waals surface area contributed by atoms with E-state index in [0.717, 1.165) is 11.0 Å². The number of aromatic nitrogens is 2. The number of thiophene rings is 1. The Morgan fingerprint density at radius 1 is 1.28 bits per heavy atom. The summed E-state index contributed by atoms with van der Waals surface area (Å²) in [5.41, 5.74) is 2.59. The molecule has 2 heterocycles. The van der Waals surface area contributed by atoms with Crippen LogP contribution in [0, 0.1) is 0 Å². The van der Waals surface area contributed by atoms with E-state index >= 15 is 0 Å². The number of hydrogen-bond acceptors (Lipinski definition) is 3. The van der Waals surface area contributed by atoms with Crippen LogP contribution in [0.5, 0.6) is 0 Å². The zero-order chi connectivity index (χ0) is 12.4. The van der Waals surface area contributed by atoms with Crippen molar-refractivity contribution in [3.05, 3.63) is 58.6 Å². The van der Waals surface area contributed by atoms with Crippen molar-refractivity contribution in [1.82, 2.24) is 9.97 Å². The van der Waals surface area contributed by atoms with Crippen molar-refractivity contribution in [3.63, 3.8) is 0 Å². The van der Waals surface area contributed by atoms with Gasteiger partial charge in [0, 0.05) is 10.9 Å². The Morgan fingerprint density at radius 2 is 2.17 bits per heavy atom. The predicted molar refractivity (Wildman–Crippen MR) is 73.8 cm³/mol. The average Bonchev–Trinajstić information content (AvgIpc) is 3.04. The Bertz CT molecular complexity index is 677. The molecule has 3 nitrogen and oxygen atoms in total. The molecule has 0 amide bonds. The van der Waals surface area contributed by atoms with Crippen LogP contribution in [0.15, 0.2) is 47.2 Å². The van der Waals surface area contributed by atoms with Crippen LogP contribution in [-0.2, 0) is 0 Å². The number of nitrogens with one attached hydrogen (secondary N) is 1. The minimum atomic E-state index is -0.00305. The van der Waals surface area contributed by atoms with Gasteiger partial charge in [0.25, 0.3) is 0 Å². The molecule has 18 heavy (non-hydrogen) atoms. The zero-order valence-corrected chi connectivity index (χ0v) is 10.3. The first-order chi connectivity index (χ1) is 8.83. The minimum Gasteiger partial charge on any atom is -0.338 e. The lowest BCUT2D eigenvalue weighted by atomic mass is 10.2. The van der Waals surface area contributed by atoms with Crippen LogP contribution in [0.1, 0.15) is 16.2 Å². The molecule has 3 aromatic rings. The number of carbonyl (C=O) groups is 1. The highest BCUT2D eigenvalue weighted by molar-refractivity contribution is 7.08. The fraction of sp³-hybridized carbons (Fsp3) is 0. The first kappa shape index (κ1) is 10.9. The Balaban J connectivity index is 1.86. The number of nitrogens with zero attached hydrogens (tertiary/aromatic N) is 1. The van der Waals surface area contributed by atoms with Crippen LogP contribution in [0.3, 0.4) is 0 Å². The van der Waals surface area contributed by atoms with Crippen molar-refractivity contribution in [2.75, 3.05) is 0 Å². The number of H-pyrrole nitrogens is 1. The highest BCUT2D eigenvalue weighted by Gasteiger charge is 2.02. The van der Waals surface area contributed by atoms with Crippen LogP contribution in [-0.4, -0.2) is 15.8 Å². The summed E-state index contributed by atoms with van der Waals surface area (Å²) in [5.74, 6) is 0.691. The molecule has 88 valence electrons. The van der Waals surface area contributed by atoms with Crippen molar-refractivity contribution >= 4 is 34.2 Å². The summed E-state index contributed by atoms with van der Waals surface area (Å²) in [6, 6.07) is 9.60. The third kappa shape index (κ3) is 2.10. The molecule has 0 fully saturated rings. The van der Waals surface area contributed by atoms with Crippen LogP contribution in [0.2, 0.25) is 0 Å². The Labute approximate surface area is 108 Å². The van der Waals surface area contributed by atoms with Gasteiger partial charge in [-0.15, -0.1) is 0 Å². The summed E-state index contributed by atoms with van der Waals surface area (Å²) < 4.78 is 0. The van der Waals surface area contributed by atoms with Crippen LogP contribution in [0.4, 0.5) is 0 Å². The molecule has 3 rings (SSSR count). The van der Waals surface area contributed by atoms with E-state index in [1.54, 1.807) is 12.2 Å². The molecular formula is C14H10N2OS. The normalized spacial score (nSPS) is 11.3. The monoisotopic (exact) mass is 254 g/mol. The maximum Gasteiger partial charge on any atom is 0.186 e. The minimum absolute atomic E-state index is 0.00305. The third-order valence-corrected chi connectivity index (χ3v) is 3.29. The number of benzene rings is 1. The smallest absolute Gasteiger partial charge is 0.186 e. The molecule has 1 N–H and O–H groups in total. The molecule has 0 radical (unpaired) electrons. The van der Waals surface area contributed by atoms with E-state index in [-0.39, 0.29) is 5.78 Å². The highest BCUT2D eigenvalue weighted by Crippen LogP contribution is 2.12. The molecule has 0 saturated heterocycles. The summed E-state index contributed by atoms with van der Waals surface area (Å²) in [4.78, 5) is 19.3. The molecule has 0 unspecified atom stereocenters. The molecule has 0 aliphatic rings. The van der Waals surface area contributed by atoms with E-state index < -0.39 is 0 Å². The summed E-state index contributed by atoms with van der Waals surface area (Å²) in [5, 5.41) is 3.73. The second kappa shape index (κ2) is 4.58. The van der Waals surface area contributed by atoms with E-state index in [4.69, 9.17) is 0 Å². The van der Waals surface area contributed by atoms with Gasteiger partial charge in [0.05, 0.1) is 11.0 Å². The molecule has 4 heteroatoms. The zero-order valence-electron chi connectivity index (χ0n) is 9.46. The first-order valence-electron chi connectivity index (χ1n) is 5.52. The second-order valence-corrected chi connectivity index (χ2v) is 4.63. The van der Waals surface area contributed by atoms with Crippen molar-refractivity contribution in [2.24, 2.45) is 0 Å². The quantitative estimate of drug-likeness (QED) is 0.574. The summed E-state index contributed by atoms with van der Waals surface area (Å²) in [6.45, 7) is 0. The van der Waals surface area contributed by atoms with Gasteiger partial charge in [0.2, 0.25) is 0 Å². The summed E-state index contributed by atoms with van der Waals surface area (Å²) in [6.07, 6.45) is 3.25. The number of rotatable bonds is 3. The lowest BCUT2D eigenvalue weighted by molar-refractivity contribution is 0.104. The van der Waals surface area contributed by atoms with Gasteiger partial charge in [-0.05, 0) is 35.7 Å². The second-order valence-electron chi connectivity index (χ2n) is 3.85. The molecule has 0 saturated carbocycles. The number of carbonyl (C=O) groups excluding carboxylic acids is 1. The number of ketones is 1. The van der Waals surface area contributed by atoms with Crippen LogP contribution >= 0.6 is 11.3 Å². The largest absolute Gasteiger partial charge is 0.338 e. The Kier molecular flexibility index (Phi) is 2.78. The number of para-hydroxylation sites is 2. The predicted octanol–water partition coefficient (Wildman–Crippen LogP) is 3.52. The first-order valence-corrected chi connectivity index (χ1v) is 6.46. The average molecular weight is 254 g/mol. The SMILES string of the molecule is O=C(/C=C\c1nc2ccccc2[nH]1)c1ccsc1. The topological polar surface area (TPSA) is 45.8 Å². The molecule has 0 spiro atoms. The summed E-state index contributed by atoms with van der Waals surface area (Å²) in [7, 11) is 0. The standard InChI is InChI=1S/C14H10N2OS/c17-13(10-7-8-18-9-10)5-6-14-15-11-3-1-2-4-12(11)16-14/h1-9H,(H,15,16)/b6-5-. The molecule has 0 bridgehead atoms. The van der Waals surface area contributed by atoms with Gasteiger partial charge in [-0.3, -0.25) is 4.79 Å². The molecule has 0 aliphatic carbocycles. The number of imidazole rings is 1. The molecule has 1 aromatic carbocycles. The highest BCUT2D eigenvalue weighted by atomic mass is 32.1. The number of aromatic amines is 1. The van der Waals surface area contributed by atoms with Gasteiger partial charge in [0.1, 0.15) is 5.82 Å². The van der Waals surface area contributed by atoms with E-state index in [1.165, 1.54) is 11.3 Å². The maximum atomic E-state index is 11.8. The molecule has 0 atom stereocenters. The van der Waals surface area contributed by atoms with Gasteiger partial charge in [-0.25, -0.2) is 4.98 Å². The summed E-state index contributed by atoms with van der Waals surface area (Å²) >= 11 is 1.52. The van der Waals surface area contributed by atoms with Crippen molar-refractivity contribution in [1.29, 1.82) is 0 Å². The van der Waals surface area contributed by atoms with Gasteiger partial charge in [0.15, 0.2) is 5.78 Å². The molecular weight excluding hydrogens is 244 g/mol. The van der Waals surface area contributed by atoms with Crippen LogP contribution in [0.25, 0.3) is 17.1 Å². The van der Waals surface area contributed by atoms with E-state index in [2.05, 4.69) is 9.97 Å². The lowest BCUT2D eigenvalue weighted by Crippen LogP contribution is -1.90. The fourth-order valence-corrected chi connectivity index (χ4v) is 2.35. The fourth-order valence-electron chi connectivity index (χ4n) is 1.71. The van der Waals surface area contributed by atoms with Gasteiger partial charge < -0.3 is 4.98 Å². The number of allylic oxidation sites excluding steroid dienone is 1. The van der Waals surface area contributed by atoms with Crippen LogP contribution < -0.4 is 0 Å². The van der Waals surface area contributed by atoms with Crippen molar-refractivity contribution in [3.8, 4) is 0 Å². The maximum absolute atomic E-state index is 11.8. The Hall–Kier alpha value is -2.20. The van der Waals surface area contributed by atoms with Crippen molar-refractivity contribution < 1.29 is 4.79 Å². The van der Waals surface area contributed by atoms with E-state index in [0.29, 0.717) is 11.4 Å². The van der Waals surface area contributed by atoms with E-state index in [1.807, 2.05) is 41.1 Å². The third-order valence-electron chi connectivity index (χ3n) is 2.61. The number of hydrogen-bond donors (Lipinski definition) is 1. The lowest BCUT2D eigenvalue weighted by Gasteiger charge is -1.87. The van der Waals surface area contributed by atoms with Gasteiger partial charge in [-0.2, -0.15) is 11.3 Å². The van der Waals surface area contributed by atoms with Crippen molar-refractivity contribution in [2.45, 2.75) is 0 Å². The van der Waals surface area contributed by atoms with Gasteiger partial charge in [-0.1, -0.05) is 12.1 Å². The van der Waals surface area contributed by atoms with E-state index in [9.17, 15) is 4.79 Å². The number of fused-ring (bicyclic) bond motifs is 1.